The van der Waals surface area contributed by atoms with Crippen LogP contribution in [0.1, 0.15) is 181 Å². The maximum atomic E-state index is 12.7. The van der Waals surface area contributed by atoms with Crippen molar-refractivity contribution in [3.05, 3.63) is 109 Å². The predicted molar refractivity (Wildman–Crippen MR) is 247 cm³/mol. The Hall–Kier alpha value is -3.93. The van der Waals surface area contributed by atoms with E-state index in [1.165, 1.54) is 19.3 Å². The third-order valence-corrected chi connectivity index (χ3v) is 9.09. The molecule has 326 valence electrons. The molecule has 0 saturated heterocycles. The average Bonchev–Trinajstić information content (AvgIpc) is 3.22. The van der Waals surface area contributed by atoms with Crippen LogP contribution in [-0.2, 0) is 28.6 Å². The van der Waals surface area contributed by atoms with Crippen molar-refractivity contribution >= 4 is 17.9 Å². The van der Waals surface area contributed by atoms with Crippen LogP contribution in [0.15, 0.2) is 109 Å². The average molecular weight is 803 g/mol. The van der Waals surface area contributed by atoms with Crippen molar-refractivity contribution in [1.29, 1.82) is 0 Å². The first-order valence-electron chi connectivity index (χ1n) is 23.0. The van der Waals surface area contributed by atoms with Crippen molar-refractivity contribution in [3.63, 3.8) is 0 Å². The summed E-state index contributed by atoms with van der Waals surface area (Å²) in [4.78, 5) is 37.7. The molecule has 0 aromatic heterocycles. The van der Waals surface area contributed by atoms with Gasteiger partial charge in [0.2, 0.25) is 0 Å². The number of rotatable bonds is 39. The van der Waals surface area contributed by atoms with Crippen LogP contribution in [0.4, 0.5) is 0 Å². The van der Waals surface area contributed by atoms with Crippen LogP contribution in [0.3, 0.4) is 0 Å². The maximum Gasteiger partial charge on any atom is 0.306 e. The van der Waals surface area contributed by atoms with Crippen LogP contribution in [0.25, 0.3) is 0 Å². The van der Waals surface area contributed by atoms with Crippen molar-refractivity contribution in [2.75, 3.05) is 13.2 Å². The van der Waals surface area contributed by atoms with Gasteiger partial charge < -0.3 is 14.2 Å². The van der Waals surface area contributed by atoms with E-state index in [0.29, 0.717) is 19.3 Å². The second-order valence-electron chi connectivity index (χ2n) is 14.7. The van der Waals surface area contributed by atoms with Gasteiger partial charge in [0.15, 0.2) is 6.10 Å². The minimum Gasteiger partial charge on any atom is -0.462 e. The summed E-state index contributed by atoms with van der Waals surface area (Å²) in [7, 11) is 0. The number of ether oxygens (including phenoxy) is 3. The highest BCUT2D eigenvalue weighted by atomic mass is 16.6. The van der Waals surface area contributed by atoms with Gasteiger partial charge in [-0.1, -0.05) is 182 Å². The molecular weight excluding hydrogens is 721 g/mol. The fourth-order valence-electron chi connectivity index (χ4n) is 5.64. The zero-order chi connectivity index (χ0) is 42.3. The summed E-state index contributed by atoms with van der Waals surface area (Å²) in [6, 6.07) is 0. The fourth-order valence-corrected chi connectivity index (χ4v) is 5.64. The third kappa shape index (κ3) is 43.2. The zero-order valence-electron chi connectivity index (χ0n) is 37.0. The molecule has 0 aliphatic heterocycles. The van der Waals surface area contributed by atoms with E-state index in [4.69, 9.17) is 14.2 Å². The van der Waals surface area contributed by atoms with Gasteiger partial charge in [0.05, 0.1) is 0 Å². The molecule has 58 heavy (non-hydrogen) atoms. The Kier molecular flexibility index (Phi) is 42.7. The Labute approximate surface area is 355 Å². The van der Waals surface area contributed by atoms with Crippen molar-refractivity contribution < 1.29 is 28.6 Å². The SMILES string of the molecule is CC/C=C\C/C=C\C/C=C\CCCCC(=O)OC(COC(=O)CCCCCC/C=C\CCCC)COC(=O)CCCCCCC\C=C/C=C\C=C/C=C\C=C/CCC. The zero-order valence-corrected chi connectivity index (χ0v) is 37.0. The van der Waals surface area contributed by atoms with E-state index in [2.05, 4.69) is 93.7 Å². The lowest BCUT2D eigenvalue weighted by molar-refractivity contribution is -0.167. The van der Waals surface area contributed by atoms with E-state index in [-0.39, 0.29) is 37.5 Å². The molecular formula is C52H82O6. The molecule has 0 bridgehead atoms. The van der Waals surface area contributed by atoms with Crippen molar-refractivity contribution in [2.45, 2.75) is 187 Å². The molecule has 0 aliphatic carbocycles. The minimum absolute atomic E-state index is 0.111. The minimum atomic E-state index is -0.813. The Morgan fingerprint density at radius 2 is 0.776 bits per heavy atom. The summed E-state index contributed by atoms with van der Waals surface area (Å²) in [5, 5.41) is 0. The Balaban J connectivity index is 4.50. The molecule has 0 rings (SSSR count). The molecule has 6 heteroatoms. The number of esters is 3. The molecule has 0 heterocycles. The molecule has 0 fully saturated rings. The van der Waals surface area contributed by atoms with Gasteiger partial charge in [-0.15, -0.1) is 0 Å². The molecule has 0 aromatic rings. The van der Waals surface area contributed by atoms with Crippen LogP contribution in [0.5, 0.6) is 0 Å². The van der Waals surface area contributed by atoms with Gasteiger partial charge in [-0.25, -0.2) is 0 Å². The molecule has 0 amide bonds. The Bertz CT molecular complexity index is 1240. The number of hydrogen-bond donors (Lipinski definition) is 0. The second kappa shape index (κ2) is 45.8. The van der Waals surface area contributed by atoms with Crippen LogP contribution >= 0.6 is 0 Å². The molecule has 0 aromatic carbocycles. The number of unbranched alkanes of at least 4 members (excludes halogenated alkanes) is 14. The number of carbonyl (C=O) groups is 3. The van der Waals surface area contributed by atoms with E-state index in [1.54, 1.807) is 0 Å². The molecule has 6 nitrogen and oxygen atoms in total. The molecule has 0 N–H and O–H groups in total. The van der Waals surface area contributed by atoms with Gasteiger partial charge in [-0.2, -0.15) is 0 Å². The first-order chi connectivity index (χ1) is 28.5. The molecule has 0 spiro atoms. The quantitative estimate of drug-likeness (QED) is 0.0202. The molecule has 0 radical (unpaired) electrons. The van der Waals surface area contributed by atoms with E-state index >= 15 is 0 Å². The summed E-state index contributed by atoms with van der Waals surface area (Å²) in [5.41, 5.74) is 0. The number of allylic oxidation sites excluding steroid dienone is 18. The summed E-state index contributed by atoms with van der Waals surface area (Å²) >= 11 is 0. The van der Waals surface area contributed by atoms with Crippen molar-refractivity contribution in [1.82, 2.24) is 0 Å². The van der Waals surface area contributed by atoms with E-state index in [0.717, 1.165) is 116 Å². The Morgan fingerprint density at radius 3 is 1.33 bits per heavy atom. The smallest absolute Gasteiger partial charge is 0.306 e. The maximum absolute atomic E-state index is 12.7. The summed E-state index contributed by atoms with van der Waals surface area (Å²) in [6.45, 7) is 6.29. The number of hydrogen-bond acceptors (Lipinski definition) is 6. The lowest BCUT2D eigenvalue weighted by Crippen LogP contribution is -2.30. The first-order valence-corrected chi connectivity index (χ1v) is 23.0. The van der Waals surface area contributed by atoms with Gasteiger partial charge in [-0.05, 0) is 89.9 Å². The molecule has 0 aliphatic rings. The molecule has 1 unspecified atom stereocenters. The lowest BCUT2D eigenvalue weighted by Gasteiger charge is -2.18. The summed E-state index contributed by atoms with van der Waals surface area (Å²) < 4.78 is 16.6. The topological polar surface area (TPSA) is 78.9 Å². The van der Waals surface area contributed by atoms with Gasteiger partial charge in [0.25, 0.3) is 0 Å². The highest BCUT2D eigenvalue weighted by Gasteiger charge is 2.19. The van der Waals surface area contributed by atoms with Crippen molar-refractivity contribution in [2.24, 2.45) is 0 Å². The van der Waals surface area contributed by atoms with E-state index in [1.807, 2.05) is 36.5 Å². The lowest BCUT2D eigenvalue weighted by atomic mass is 10.1. The largest absolute Gasteiger partial charge is 0.462 e. The van der Waals surface area contributed by atoms with Gasteiger partial charge in [0, 0.05) is 19.3 Å². The van der Waals surface area contributed by atoms with Crippen molar-refractivity contribution in [3.8, 4) is 0 Å². The van der Waals surface area contributed by atoms with Gasteiger partial charge in [0.1, 0.15) is 13.2 Å². The van der Waals surface area contributed by atoms with E-state index in [9.17, 15) is 14.4 Å². The number of carbonyl (C=O) groups excluding carboxylic acids is 3. The molecule has 1 atom stereocenters. The second-order valence-corrected chi connectivity index (χ2v) is 14.7. The van der Waals surface area contributed by atoms with Gasteiger partial charge in [-0.3, -0.25) is 14.4 Å². The van der Waals surface area contributed by atoms with Crippen LogP contribution in [0.2, 0.25) is 0 Å². The van der Waals surface area contributed by atoms with Crippen LogP contribution in [-0.4, -0.2) is 37.2 Å². The third-order valence-electron chi connectivity index (χ3n) is 9.09. The van der Waals surface area contributed by atoms with Gasteiger partial charge >= 0.3 is 17.9 Å². The monoisotopic (exact) mass is 803 g/mol. The fraction of sp³-hybridized carbons (Fsp3) is 0.596. The Morgan fingerprint density at radius 1 is 0.379 bits per heavy atom. The molecule has 0 saturated carbocycles. The highest BCUT2D eigenvalue weighted by molar-refractivity contribution is 5.71. The van der Waals surface area contributed by atoms with Crippen LogP contribution < -0.4 is 0 Å². The highest BCUT2D eigenvalue weighted by Crippen LogP contribution is 2.12. The van der Waals surface area contributed by atoms with Crippen LogP contribution in [0, 0.1) is 0 Å². The van der Waals surface area contributed by atoms with E-state index < -0.39 is 6.10 Å². The summed E-state index contributed by atoms with van der Waals surface area (Å²) in [6.07, 6.45) is 60.7. The first kappa shape index (κ1) is 54.1. The standard InChI is InChI=1S/C52H82O6/c1-4-7-10-13-16-19-22-24-25-26-27-28-29-31-33-36-39-42-45-51(54)57-48-49(47-56-50(53)44-41-38-35-32-21-18-15-12-9-6-3)58-52(55)46-43-40-37-34-30-23-20-17-14-11-8-5-2/h8,10-11,13,15-20,22,24-28,30,34,49H,4-7,9,12,14,21,23,29,31-33,35-48H2,1-3H3/b11-8-,13-10-,18-15-,19-16-,20-17-,24-22-,26-25-,28-27-,34-30-. The predicted octanol–water partition coefficient (Wildman–Crippen LogP) is 14.8. The summed E-state index contributed by atoms with van der Waals surface area (Å²) in [5.74, 6) is -1.00. The normalized spacial score (nSPS) is 13.1.